The van der Waals surface area contributed by atoms with Crippen molar-refractivity contribution in [3.8, 4) is 56.3 Å². The summed E-state index contributed by atoms with van der Waals surface area (Å²) in [4.78, 5) is 25.1. The molecule has 0 saturated heterocycles. The average molecular weight is 664 g/mol. The van der Waals surface area contributed by atoms with Crippen LogP contribution in [-0.2, 0) is 0 Å². The molecule has 5 heteroatoms. The van der Waals surface area contributed by atoms with Gasteiger partial charge in [0.25, 0.3) is 0 Å². The van der Waals surface area contributed by atoms with Gasteiger partial charge in [0.2, 0.25) is 0 Å². The first kappa shape index (κ1) is 29.8. The number of pyridine rings is 3. The van der Waals surface area contributed by atoms with Gasteiger partial charge in [-0.2, -0.15) is 0 Å². The summed E-state index contributed by atoms with van der Waals surface area (Å²) in [5.41, 5.74) is 12.7. The van der Waals surface area contributed by atoms with Crippen molar-refractivity contribution in [2.24, 2.45) is 0 Å². The predicted octanol–water partition coefficient (Wildman–Crippen LogP) is 11.6. The summed E-state index contributed by atoms with van der Waals surface area (Å²) in [7, 11) is 0. The molecule has 0 aliphatic heterocycles. The molecule has 4 heterocycles. The molecule has 0 aliphatic carbocycles. The highest BCUT2D eigenvalue weighted by atomic mass is 14.9. The summed E-state index contributed by atoms with van der Waals surface area (Å²) in [6, 6.07) is 58.6. The van der Waals surface area contributed by atoms with Crippen molar-refractivity contribution >= 4 is 43.6 Å². The molecule has 0 atom stereocenters. The fourth-order valence-corrected chi connectivity index (χ4v) is 7.08. The Hall–Kier alpha value is -7.11. The Kier molecular flexibility index (Phi) is 7.07. The molecule has 0 N–H and O–H groups in total. The van der Waals surface area contributed by atoms with E-state index in [2.05, 4.69) is 120 Å². The van der Waals surface area contributed by atoms with Crippen molar-refractivity contribution in [3.63, 3.8) is 0 Å². The number of hydrogen-bond donors (Lipinski definition) is 0. The van der Waals surface area contributed by atoms with Gasteiger partial charge >= 0.3 is 0 Å². The van der Waals surface area contributed by atoms with Gasteiger partial charge in [0, 0.05) is 50.0 Å². The molecular weight excluding hydrogens is 635 g/mol. The molecule has 0 radical (unpaired) electrons. The number of aromatic nitrogens is 5. The molecule has 10 aromatic rings. The van der Waals surface area contributed by atoms with Crippen LogP contribution in [-0.4, -0.2) is 24.9 Å². The zero-order valence-corrected chi connectivity index (χ0v) is 28.0. The van der Waals surface area contributed by atoms with Crippen LogP contribution in [0.4, 0.5) is 0 Å². The third-order valence-electron chi connectivity index (χ3n) is 9.72. The van der Waals surface area contributed by atoms with Crippen molar-refractivity contribution in [2.75, 3.05) is 0 Å². The lowest BCUT2D eigenvalue weighted by atomic mass is 9.98. The topological polar surface area (TPSA) is 64.5 Å². The number of hydrogen-bond acceptors (Lipinski definition) is 5. The van der Waals surface area contributed by atoms with Crippen molar-refractivity contribution in [3.05, 3.63) is 176 Å². The average Bonchev–Trinajstić information content (AvgIpc) is 3.23. The molecule has 0 aliphatic rings. The van der Waals surface area contributed by atoms with E-state index in [0.717, 1.165) is 94.1 Å². The van der Waals surface area contributed by atoms with Gasteiger partial charge in [0.1, 0.15) is 0 Å². The molecule has 52 heavy (non-hydrogen) atoms. The number of fused-ring (bicyclic) bond motifs is 5. The maximum Gasteiger partial charge on any atom is 0.162 e. The molecule has 0 bridgehead atoms. The second-order valence-electron chi connectivity index (χ2n) is 12.9. The Morgan fingerprint density at radius 2 is 0.962 bits per heavy atom. The van der Waals surface area contributed by atoms with Crippen molar-refractivity contribution in [1.29, 1.82) is 0 Å². The Morgan fingerprint density at radius 1 is 0.346 bits per heavy atom. The van der Waals surface area contributed by atoms with Gasteiger partial charge in [-0.1, -0.05) is 133 Å². The summed E-state index contributed by atoms with van der Waals surface area (Å²) in [5, 5.41) is 4.21. The largest absolute Gasteiger partial charge is 0.255 e. The molecule has 5 nitrogen and oxygen atoms in total. The maximum atomic E-state index is 5.20. The smallest absolute Gasteiger partial charge is 0.162 e. The Morgan fingerprint density at radius 3 is 1.77 bits per heavy atom. The van der Waals surface area contributed by atoms with E-state index in [9.17, 15) is 0 Å². The van der Waals surface area contributed by atoms with Crippen LogP contribution >= 0.6 is 0 Å². The number of benzene rings is 6. The summed E-state index contributed by atoms with van der Waals surface area (Å²) >= 11 is 0. The van der Waals surface area contributed by atoms with E-state index in [1.54, 1.807) is 0 Å². The molecule has 10 rings (SSSR count). The maximum absolute atomic E-state index is 5.20. The Bertz CT molecular complexity index is 2950. The Labute approximate surface area is 300 Å². The van der Waals surface area contributed by atoms with Crippen LogP contribution < -0.4 is 0 Å². The van der Waals surface area contributed by atoms with Crippen LogP contribution in [0, 0.1) is 0 Å². The third kappa shape index (κ3) is 5.24. The zero-order valence-electron chi connectivity index (χ0n) is 28.0. The molecule has 0 saturated carbocycles. The standard InChI is InChI=1S/C47H29N5/c1-2-9-31(10-3-1)40-26-24-34-22-23-35-25-27-41(50-46(35)45(34)49-40)37-13-6-12-36(29-37)30-18-20-33(21-19-30)44-38-15-4-5-17-42(38)51-47(52-44)39-16-7-11-32-14-8-28-48-43(32)39/h1-29H. The zero-order chi connectivity index (χ0) is 34.4. The fourth-order valence-electron chi connectivity index (χ4n) is 7.08. The molecule has 6 aromatic carbocycles. The molecule has 0 unspecified atom stereocenters. The van der Waals surface area contributed by atoms with E-state index in [4.69, 9.17) is 19.9 Å². The minimum atomic E-state index is 0.664. The molecule has 242 valence electrons. The second-order valence-corrected chi connectivity index (χ2v) is 12.9. The van der Waals surface area contributed by atoms with E-state index < -0.39 is 0 Å². The van der Waals surface area contributed by atoms with Crippen LogP contribution in [0.5, 0.6) is 0 Å². The van der Waals surface area contributed by atoms with Gasteiger partial charge in [-0.3, -0.25) is 4.98 Å². The summed E-state index contributed by atoms with van der Waals surface area (Å²) in [6.07, 6.45) is 1.82. The minimum absolute atomic E-state index is 0.664. The van der Waals surface area contributed by atoms with E-state index in [-0.39, 0.29) is 0 Å². The van der Waals surface area contributed by atoms with Crippen LogP contribution in [0.15, 0.2) is 176 Å². The van der Waals surface area contributed by atoms with Gasteiger partial charge in [0.15, 0.2) is 5.82 Å². The van der Waals surface area contributed by atoms with Crippen molar-refractivity contribution < 1.29 is 0 Å². The van der Waals surface area contributed by atoms with Gasteiger partial charge in [-0.05, 0) is 47.5 Å². The van der Waals surface area contributed by atoms with Crippen molar-refractivity contribution in [1.82, 2.24) is 24.9 Å². The first-order chi connectivity index (χ1) is 25.7. The van der Waals surface area contributed by atoms with E-state index in [1.807, 2.05) is 60.8 Å². The molecule has 0 fully saturated rings. The number of para-hydroxylation sites is 2. The monoisotopic (exact) mass is 663 g/mol. The van der Waals surface area contributed by atoms with E-state index >= 15 is 0 Å². The summed E-state index contributed by atoms with van der Waals surface area (Å²) in [5.74, 6) is 0.664. The van der Waals surface area contributed by atoms with E-state index in [0.29, 0.717) is 5.82 Å². The van der Waals surface area contributed by atoms with E-state index in [1.165, 1.54) is 0 Å². The highest BCUT2D eigenvalue weighted by molar-refractivity contribution is 6.04. The van der Waals surface area contributed by atoms with Crippen LogP contribution in [0.2, 0.25) is 0 Å². The molecule has 0 amide bonds. The number of nitrogens with zero attached hydrogens (tertiary/aromatic N) is 5. The van der Waals surface area contributed by atoms with Crippen molar-refractivity contribution in [2.45, 2.75) is 0 Å². The van der Waals surface area contributed by atoms with Gasteiger partial charge in [-0.25, -0.2) is 19.9 Å². The lowest BCUT2D eigenvalue weighted by Gasteiger charge is -2.12. The van der Waals surface area contributed by atoms with Crippen LogP contribution in [0.25, 0.3) is 99.9 Å². The quantitative estimate of drug-likeness (QED) is 0.171. The van der Waals surface area contributed by atoms with Gasteiger partial charge in [-0.15, -0.1) is 0 Å². The van der Waals surface area contributed by atoms with Gasteiger partial charge in [0.05, 0.1) is 39.1 Å². The Balaban J connectivity index is 1.02. The molecule has 4 aromatic heterocycles. The normalized spacial score (nSPS) is 11.5. The fraction of sp³-hybridized carbons (Fsp3) is 0. The number of rotatable bonds is 5. The molecular formula is C47H29N5. The first-order valence-electron chi connectivity index (χ1n) is 17.3. The summed E-state index contributed by atoms with van der Waals surface area (Å²) < 4.78 is 0. The van der Waals surface area contributed by atoms with Crippen LogP contribution in [0.1, 0.15) is 0 Å². The highest BCUT2D eigenvalue weighted by Gasteiger charge is 2.15. The predicted molar refractivity (Wildman–Crippen MR) is 213 cm³/mol. The molecule has 0 spiro atoms. The van der Waals surface area contributed by atoms with Crippen LogP contribution in [0.3, 0.4) is 0 Å². The summed E-state index contributed by atoms with van der Waals surface area (Å²) in [6.45, 7) is 0. The first-order valence-corrected chi connectivity index (χ1v) is 17.3. The third-order valence-corrected chi connectivity index (χ3v) is 9.72. The lowest BCUT2D eigenvalue weighted by Crippen LogP contribution is -1.96. The minimum Gasteiger partial charge on any atom is -0.255 e. The van der Waals surface area contributed by atoms with Gasteiger partial charge < -0.3 is 0 Å². The lowest BCUT2D eigenvalue weighted by molar-refractivity contribution is 1.23. The highest BCUT2D eigenvalue weighted by Crippen LogP contribution is 2.34. The SMILES string of the molecule is c1ccc(-c2ccc3ccc4ccc(-c5cccc(-c6ccc(-c7nc(-c8cccc9cccnc89)nc8ccccc78)cc6)c5)nc4c3n2)cc1. The second kappa shape index (κ2) is 12.3.